The van der Waals surface area contributed by atoms with Crippen molar-refractivity contribution in [3.05, 3.63) is 60.4 Å². The van der Waals surface area contributed by atoms with Crippen molar-refractivity contribution in [2.45, 2.75) is 45.2 Å². The molecule has 2 aromatic heterocycles. The Bertz CT molecular complexity index is 825. The Labute approximate surface area is 155 Å². The van der Waals surface area contributed by atoms with Gasteiger partial charge >= 0.3 is 0 Å². The fraction of sp³-hybridized carbons (Fsp3) is 0.429. The molecule has 0 amide bonds. The van der Waals surface area contributed by atoms with Crippen molar-refractivity contribution in [1.82, 2.24) is 24.6 Å². The topological polar surface area (TPSA) is 49.7 Å². The summed E-state index contributed by atoms with van der Waals surface area (Å²) in [6.07, 6.45) is 8.29. The molecule has 0 spiro atoms. The molecule has 3 heterocycles. The van der Waals surface area contributed by atoms with E-state index in [1.54, 1.807) is 0 Å². The van der Waals surface area contributed by atoms with Crippen LogP contribution in [0.3, 0.4) is 0 Å². The SMILES string of the molecule is CC(C)n1ccnc1CN1CCC(c2[nH]ncc2-c2ccccc2)CC1. The summed E-state index contributed by atoms with van der Waals surface area (Å²) in [7, 11) is 0. The number of benzene rings is 1. The van der Waals surface area contributed by atoms with Crippen molar-refractivity contribution in [3.8, 4) is 11.1 Å². The van der Waals surface area contributed by atoms with E-state index in [1.807, 2.05) is 12.4 Å². The minimum Gasteiger partial charge on any atom is -0.331 e. The molecule has 1 aromatic carbocycles. The Morgan fingerprint density at radius 2 is 1.92 bits per heavy atom. The van der Waals surface area contributed by atoms with E-state index in [2.05, 4.69) is 75.0 Å². The second kappa shape index (κ2) is 7.46. The average Bonchev–Trinajstić information content (AvgIpc) is 3.32. The Balaban J connectivity index is 1.42. The van der Waals surface area contributed by atoms with E-state index in [9.17, 15) is 0 Å². The number of hydrogen-bond acceptors (Lipinski definition) is 3. The smallest absolute Gasteiger partial charge is 0.123 e. The van der Waals surface area contributed by atoms with E-state index in [0.717, 1.165) is 32.5 Å². The molecule has 4 rings (SSSR count). The van der Waals surface area contributed by atoms with Crippen LogP contribution in [0.4, 0.5) is 0 Å². The standard InChI is InChI=1S/C21H27N5/c1-16(2)26-13-10-22-20(26)15-25-11-8-18(9-12-25)21-19(14-23-24-21)17-6-4-3-5-7-17/h3-7,10,13-14,16,18H,8-9,11-12,15H2,1-2H3,(H,23,24). The number of aromatic amines is 1. The fourth-order valence-corrected chi connectivity index (χ4v) is 3.97. The first-order chi connectivity index (χ1) is 12.7. The van der Waals surface area contributed by atoms with Gasteiger partial charge in [-0.2, -0.15) is 5.10 Å². The van der Waals surface area contributed by atoms with Crippen LogP contribution in [-0.4, -0.2) is 37.7 Å². The highest BCUT2D eigenvalue weighted by molar-refractivity contribution is 5.65. The van der Waals surface area contributed by atoms with Gasteiger partial charge in [0.1, 0.15) is 5.82 Å². The minimum absolute atomic E-state index is 0.462. The second-order valence-electron chi connectivity index (χ2n) is 7.46. The van der Waals surface area contributed by atoms with E-state index in [4.69, 9.17) is 0 Å². The van der Waals surface area contributed by atoms with Crippen molar-refractivity contribution < 1.29 is 0 Å². The zero-order chi connectivity index (χ0) is 17.9. The lowest BCUT2D eigenvalue weighted by Gasteiger charge is -2.32. The van der Waals surface area contributed by atoms with Gasteiger partial charge in [-0.25, -0.2) is 4.98 Å². The summed E-state index contributed by atoms with van der Waals surface area (Å²) < 4.78 is 2.27. The average molecular weight is 349 g/mol. The summed E-state index contributed by atoms with van der Waals surface area (Å²) in [4.78, 5) is 7.08. The molecule has 1 saturated heterocycles. The van der Waals surface area contributed by atoms with Gasteiger partial charge in [0.15, 0.2) is 0 Å². The van der Waals surface area contributed by atoms with Crippen LogP contribution in [0, 0.1) is 0 Å². The zero-order valence-electron chi connectivity index (χ0n) is 15.6. The lowest BCUT2D eigenvalue weighted by Crippen LogP contribution is -2.33. The number of piperidine rings is 1. The van der Waals surface area contributed by atoms with Gasteiger partial charge in [-0.1, -0.05) is 30.3 Å². The first kappa shape index (κ1) is 17.0. The van der Waals surface area contributed by atoms with Crippen LogP contribution in [0.5, 0.6) is 0 Å². The molecule has 0 saturated carbocycles. The predicted octanol–water partition coefficient (Wildman–Crippen LogP) is 4.23. The molecule has 1 aliphatic rings. The molecular weight excluding hydrogens is 322 g/mol. The van der Waals surface area contributed by atoms with Crippen LogP contribution in [-0.2, 0) is 6.54 Å². The quantitative estimate of drug-likeness (QED) is 0.750. The first-order valence-electron chi connectivity index (χ1n) is 9.55. The summed E-state index contributed by atoms with van der Waals surface area (Å²) in [5.41, 5.74) is 3.79. The molecule has 0 radical (unpaired) electrons. The Hall–Kier alpha value is -2.40. The summed E-state index contributed by atoms with van der Waals surface area (Å²) in [5, 5.41) is 7.61. The maximum Gasteiger partial charge on any atom is 0.123 e. The van der Waals surface area contributed by atoms with Crippen molar-refractivity contribution in [2.75, 3.05) is 13.1 Å². The number of H-pyrrole nitrogens is 1. The highest BCUT2D eigenvalue weighted by atomic mass is 15.2. The van der Waals surface area contributed by atoms with Crippen LogP contribution in [0.1, 0.15) is 50.2 Å². The van der Waals surface area contributed by atoms with Crippen molar-refractivity contribution in [3.63, 3.8) is 0 Å². The fourth-order valence-electron chi connectivity index (χ4n) is 3.97. The summed E-state index contributed by atoms with van der Waals surface area (Å²) in [5.74, 6) is 1.72. The van der Waals surface area contributed by atoms with Gasteiger partial charge in [-0.15, -0.1) is 0 Å². The van der Waals surface area contributed by atoms with Crippen LogP contribution in [0.25, 0.3) is 11.1 Å². The number of nitrogens with one attached hydrogen (secondary N) is 1. The third kappa shape index (κ3) is 3.44. The van der Waals surface area contributed by atoms with Gasteiger partial charge in [0.2, 0.25) is 0 Å². The number of imidazole rings is 1. The molecule has 1 aliphatic heterocycles. The van der Waals surface area contributed by atoms with E-state index in [0.29, 0.717) is 12.0 Å². The normalized spacial score (nSPS) is 16.4. The van der Waals surface area contributed by atoms with E-state index < -0.39 is 0 Å². The maximum atomic E-state index is 4.56. The molecule has 0 bridgehead atoms. The van der Waals surface area contributed by atoms with E-state index in [-0.39, 0.29) is 0 Å². The second-order valence-corrected chi connectivity index (χ2v) is 7.46. The Morgan fingerprint density at radius 3 is 2.65 bits per heavy atom. The lowest BCUT2D eigenvalue weighted by molar-refractivity contribution is 0.196. The molecule has 26 heavy (non-hydrogen) atoms. The molecule has 5 nitrogen and oxygen atoms in total. The minimum atomic E-state index is 0.462. The van der Waals surface area contributed by atoms with Crippen molar-refractivity contribution >= 4 is 0 Å². The molecule has 136 valence electrons. The van der Waals surface area contributed by atoms with Gasteiger partial charge in [-0.3, -0.25) is 10.00 Å². The van der Waals surface area contributed by atoms with E-state index in [1.165, 1.54) is 22.6 Å². The molecule has 0 unspecified atom stereocenters. The zero-order valence-corrected chi connectivity index (χ0v) is 15.6. The summed E-state index contributed by atoms with van der Waals surface area (Å²) >= 11 is 0. The molecular formula is C21H27N5. The number of likely N-dealkylation sites (tertiary alicyclic amines) is 1. The summed E-state index contributed by atoms with van der Waals surface area (Å²) in [6.45, 7) is 7.56. The first-order valence-corrected chi connectivity index (χ1v) is 9.55. The van der Waals surface area contributed by atoms with Gasteiger partial charge < -0.3 is 4.57 Å². The molecule has 0 atom stereocenters. The molecule has 0 aliphatic carbocycles. The van der Waals surface area contributed by atoms with Gasteiger partial charge in [-0.05, 0) is 45.3 Å². The molecule has 1 N–H and O–H groups in total. The van der Waals surface area contributed by atoms with E-state index >= 15 is 0 Å². The molecule has 3 aromatic rings. The molecule has 1 fully saturated rings. The van der Waals surface area contributed by atoms with Crippen LogP contribution < -0.4 is 0 Å². The highest BCUT2D eigenvalue weighted by Gasteiger charge is 2.25. The largest absolute Gasteiger partial charge is 0.331 e. The van der Waals surface area contributed by atoms with Crippen molar-refractivity contribution in [1.29, 1.82) is 0 Å². The maximum absolute atomic E-state index is 4.56. The molecule has 5 heteroatoms. The number of hydrogen-bond donors (Lipinski definition) is 1. The third-order valence-corrected chi connectivity index (χ3v) is 5.42. The number of nitrogens with zero attached hydrogens (tertiary/aromatic N) is 4. The van der Waals surface area contributed by atoms with Gasteiger partial charge in [0.25, 0.3) is 0 Å². The van der Waals surface area contributed by atoms with Gasteiger partial charge in [0.05, 0.1) is 12.7 Å². The highest BCUT2D eigenvalue weighted by Crippen LogP contribution is 2.34. The lowest BCUT2D eigenvalue weighted by atomic mass is 9.89. The summed E-state index contributed by atoms with van der Waals surface area (Å²) in [6, 6.07) is 11.0. The number of aromatic nitrogens is 4. The Morgan fingerprint density at radius 1 is 1.15 bits per heavy atom. The van der Waals surface area contributed by atoms with Crippen LogP contribution >= 0.6 is 0 Å². The van der Waals surface area contributed by atoms with Crippen LogP contribution in [0.2, 0.25) is 0 Å². The number of rotatable bonds is 5. The predicted molar refractivity (Wildman–Crippen MR) is 104 cm³/mol. The monoisotopic (exact) mass is 349 g/mol. The third-order valence-electron chi connectivity index (χ3n) is 5.42. The van der Waals surface area contributed by atoms with Crippen LogP contribution in [0.15, 0.2) is 48.9 Å². The van der Waals surface area contributed by atoms with Gasteiger partial charge in [0, 0.05) is 35.6 Å². The van der Waals surface area contributed by atoms with Crippen molar-refractivity contribution in [2.24, 2.45) is 0 Å². The Kier molecular flexibility index (Phi) is 4.89.